The minimum Gasteiger partial charge on any atom is -0.321 e. The zero-order valence-corrected chi connectivity index (χ0v) is 17.9. The highest BCUT2D eigenvalue weighted by Crippen LogP contribution is 2.26. The van der Waals surface area contributed by atoms with Gasteiger partial charge in [0.2, 0.25) is 10.0 Å². The Labute approximate surface area is 180 Å². The number of hydrogen-bond acceptors (Lipinski definition) is 4. The third-order valence-corrected chi connectivity index (χ3v) is 6.03. The summed E-state index contributed by atoms with van der Waals surface area (Å²) < 4.78 is 24.4. The van der Waals surface area contributed by atoms with Crippen LogP contribution in [0.1, 0.15) is 26.3 Å². The summed E-state index contributed by atoms with van der Waals surface area (Å²) in [6, 6.07) is 19.8. The first kappa shape index (κ1) is 21.5. The predicted octanol–water partition coefficient (Wildman–Crippen LogP) is 4.22. The maximum atomic E-state index is 12.8. The van der Waals surface area contributed by atoms with Crippen molar-refractivity contribution < 1.29 is 18.0 Å². The van der Waals surface area contributed by atoms with E-state index in [9.17, 15) is 18.0 Å². The van der Waals surface area contributed by atoms with Crippen LogP contribution < -0.4 is 9.62 Å². The molecule has 8 heteroatoms. The van der Waals surface area contributed by atoms with Gasteiger partial charge in [0.15, 0.2) is 5.78 Å². The number of benzene rings is 3. The molecule has 6 nitrogen and oxygen atoms in total. The van der Waals surface area contributed by atoms with E-state index in [1.165, 1.54) is 25.2 Å². The molecular weight excluding hydrogens is 424 g/mol. The van der Waals surface area contributed by atoms with Crippen molar-refractivity contribution in [2.75, 3.05) is 22.9 Å². The normalized spacial score (nSPS) is 11.0. The van der Waals surface area contributed by atoms with Gasteiger partial charge in [0.25, 0.3) is 5.91 Å². The zero-order chi connectivity index (χ0) is 21.9. The Morgan fingerprint density at radius 2 is 1.53 bits per heavy atom. The Kier molecular flexibility index (Phi) is 6.24. The maximum Gasteiger partial charge on any atom is 0.257 e. The highest BCUT2D eigenvalue weighted by atomic mass is 35.5. The molecule has 0 fully saturated rings. The Hall–Kier alpha value is -3.16. The van der Waals surface area contributed by atoms with Crippen LogP contribution in [0.4, 0.5) is 11.4 Å². The molecule has 0 saturated carbocycles. The van der Waals surface area contributed by atoms with Crippen molar-refractivity contribution in [1.29, 1.82) is 0 Å². The van der Waals surface area contributed by atoms with E-state index >= 15 is 0 Å². The molecule has 3 aromatic carbocycles. The SMILES string of the molecule is CN(c1ccc(C(=O)Nc2ccccc2C(=O)c2ccccc2)c(Cl)c1)S(C)(=O)=O. The van der Waals surface area contributed by atoms with Crippen LogP contribution in [0.15, 0.2) is 72.8 Å². The predicted molar refractivity (Wildman–Crippen MR) is 119 cm³/mol. The lowest BCUT2D eigenvalue weighted by Gasteiger charge is -2.17. The molecule has 3 rings (SSSR count). The summed E-state index contributed by atoms with van der Waals surface area (Å²) in [5, 5.41) is 2.81. The van der Waals surface area contributed by atoms with Gasteiger partial charge in [0, 0.05) is 18.2 Å². The number of para-hydroxylation sites is 1. The van der Waals surface area contributed by atoms with Gasteiger partial charge >= 0.3 is 0 Å². The van der Waals surface area contributed by atoms with E-state index in [0.717, 1.165) is 10.6 Å². The summed E-state index contributed by atoms with van der Waals surface area (Å²) in [6.07, 6.45) is 1.07. The molecule has 30 heavy (non-hydrogen) atoms. The van der Waals surface area contributed by atoms with Crippen molar-refractivity contribution in [2.45, 2.75) is 0 Å². The second-order valence-electron chi connectivity index (χ2n) is 6.59. The molecule has 1 N–H and O–H groups in total. The molecule has 0 unspecified atom stereocenters. The van der Waals surface area contributed by atoms with Gasteiger partial charge in [0.05, 0.1) is 28.2 Å². The first-order valence-electron chi connectivity index (χ1n) is 8.92. The van der Waals surface area contributed by atoms with Crippen LogP contribution in [0.5, 0.6) is 0 Å². The monoisotopic (exact) mass is 442 g/mol. The quantitative estimate of drug-likeness (QED) is 0.579. The van der Waals surface area contributed by atoms with Crippen molar-refractivity contribution in [1.82, 2.24) is 0 Å². The van der Waals surface area contributed by atoms with Gasteiger partial charge in [-0.25, -0.2) is 8.42 Å². The summed E-state index contributed by atoms with van der Waals surface area (Å²) in [4.78, 5) is 25.6. The van der Waals surface area contributed by atoms with E-state index < -0.39 is 15.9 Å². The lowest BCUT2D eigenvalue weighted by molar-refractivity contribution is 0.102. The molecule has 0 spiro atoms. The van der Waals surface area contributed by atoms with E-state index in [4.69, 9.17) is 11.6 Å². The van der Waals surface area contributed by atoms with Gasteiger partial charge in [0.1, 0.15) is 0 Å². The fourth-order valence-electron chi connectivity index (χ4n) is 2.80. The van der Waals surface area contributed by atoms with Crippen LogP contribution in [-0.2, 0) is 10.0 Å². The van der Waals surface area contributed by atoms with E-state index in [0.29, 0.717) is 22.5 Å². The van der Waals surface area contributed by atoms with Crippen LogP contribution in [-0.4, -0.2) is 33.4 Å². The van der Waals surface area contributed by atoms with Gasteiger partial charge in [-0.15, -0.1) is 0 Å². The number of anilines is 2. The second kappa shape index (κ2) is 8.69. The van der Waals surface area contributed by atoms with Crippen molar-refractivity contribution in [3.05, 3.63) is 94.5 Å². The number of rotatable bonds is 6. The summed E-state index contributed by atoms with van der Waals surface area (Å²) >= 11 is 6.23. The Balaban J connectivity index is 1.88. The molecule has 0 bridgehead atoms. The molecule has 154 valence electrons. The van der Waals surface area contributed by atoms with E-state index in [1.807, 2.05) is 6.07 Å². The van der Waals surface area contributed by atoms with Gasteiger partial charge in [-0.1, -0.05) is 54.1 Å². The topological polar surface area (TPSA) is 83.6 Å². The molecule has 0 heterocycles. The third-order valence-electron chi connectivity index (χ3n) is 4.51. The highest BCUT2D eigenvalue weighted by Gasteiger charge is 2.19. The summed E-state index contributed by atoms with van der Waals surface area (Å²) in [7, 11) is -2.06. The third kappa shape index (κ3) is 4.69. The van der Waals surface area contributed by atoms with Crippen LogP contribution in [0.2, 0.25) is 5.02 Å². The van der Waals surface area contributed by atoms with Crippen LogP contribution in [0.25, 0.3) is 0 Å². The minimum absolute atomic E-state index is 0.0902. The van der Waals surface area contributed by atoms with Gasteiger partial charge in [-0.2, -0.15) is 0 Å². The summed E-state index contributed by atoms with van der Waals surface area (Å²) in [5.41, 5.74) is 1.69. The molecule has 3 aromatic rings. The highest BCUT2D eigenvalue weighted by molar-refractivity contribution is 7.92. The fraction of sp³-hybridized carbons (Fsp3) is 0.0909. The fourth-order valence-corrected chi connectivity index (χ4v) is 3.56. The van der Waals surface area contributed by atoms with E-state index in [-0.39, 0.29) is 16.4 Å². The number of carbonyl (C=O) groups excluding carboxylic acids is 2. The number of carbonyl (C=O) groups is 2. The van der Waals surface area contributed by atoms with Gasteiger partial charge in [-0.3, -0.25) is 13.9 Å². The number of hydrogen-bond donors (Lipinski definition) is 1. The number of nitrogens with one attached hydrogen (secondary N) is 1. The lowest BCUT2D eigenvalue weighted by atomic mass is 10.0. The first-order valence-corrected chi connectivity index (χ1v) is 11.1. The lowest BCUT2D eigenvalue weighted by Crippen LogP contribution is -2.25. The largest absolute Gasteiger partial charge is 0.321 e. The molecule has 0 aliphatic heterocycles. The van der Waals surface area contributed by atoms with E-state index in [2.05, 4.69) is 5.32 Å². The molecule has 1 amide bonds. The van der Waals surface area contributed by atoms with Crippen molar-refractivity contribution >= 4 is 44.7 Å². The van der Waals surface area contributed by atoms with Crippen LogP contribution in [0, 0.1) is 0 Å². The average Bonchev–Trinajstić information content (AvgIpc) is 2.73. The molecule has 0 aliphatic rings. The summed E-state index contributed by atoms with van der Waals surface area (Å²) in [5.74, 6) is -0.732. The second-order valence-corrected chi connectivity index (χ2v) is 9.01. The molecule has 0 radical (unpaired) electrons. The van der Waals surface area contributed by atoms with Crippen molar-refractivity contribution in [3.63, 3.8) is 0 Å². The maximum absolute atomic E-state index is 12.8. The zero-order valence-electron chi connectivity index (χ0n) is 16.3. The Morgan fingerprint density at radius 1 is 0.900 bits per heavy atom. The van der Waals surface area contributed by atoms with Crippen molar-refractivity contribution in [3.8, 4) is 0 Å². The number of halogens is 1. The number of ketones is 1. The Morgan fingerprint density at radius 3 is 2.17 bits per heavy atom. The first-order chi connectivity index (χ1) is 14.2. The standard InChI is InChI=1S/C22H19ClN2O4S/c1-25(30(2,28)29)16-12-13-17(19(23)14-16)22(27)24-20-11-7-6-10-18(20)21(26)15-8-4-3-5-9-15/h3-14H,1-2H3,(H,24,27). The minimum atomic E-state index is -3.46. The van der Waals surface area contributed by atoms with E-state index in [1.54, 1.807) is 48.5 Å². The molecule has 0 aromatic heterocycles. The average molecular weight is 443 g/mol. The van der Waals surface area contributed by atoms with Crippen LogP contribution >= 0.6 is 11.6 Å². The smallest absolute Gasteiger partial charge is 0.257 e. The Bertz CT molecular complexity index is 1210. The molecule has 0 saturated heterocycles. The molecule has 0 aliphatic carbocycles. The number of amides is 1. The van der Waals surface area contributed by atoms with Crippen LogP contribution in [0.3, 0.4) is 0 Å². The summed E-state index contributed by atoms with van der Waals surface area (Å²) in [6.45, 7) is 0. The number of nitrogens with zero attached hydrogens (tertiary/aromatic N) is 1. The van der Waals surface area contributed by atoms with Crippen molar-refractivity contribution in [2.24, 2.45) is 0 Å². The molecule has 0 atom stereocenters. The number of sulfonamides is 1. The molecular formula is C22H19ClN2O4S. The van der Waals surface area contributed by atoms with Gasteiger partial charge < -0.3 is 5.32 Å². The van der Waals surface area contributed by atoms with Gasteiger partial charge in [-0.05, 0) is 30.3 Å².